The van der Waals surface area contributed by atoms with Gasteiger partial charge in [-0.2, -0.15) is 0 Å². The molecule has 0 heterocycles. The van der Waals surface area contributed by atoms with Gasteiger partial charge in [-0.05, 0) is 72.9 Å². The van der Waals surface area contributed by atoms with E-state index in [2.05, 4.69) is 5.32 Å². The van der Waals surface area contributed by atoms with Crippen LogP contribution in [0, 0.1) is 12.8 Å². The normalized spacial score (nSPS) is 12.2. The molecule has 0 fully saturated rings. The molecule has 2 amide bonds. The van der Waals surface area contributed by atoms with Crippen molar-refractivity contribution in [1.82, 2.24) is 10.2 Å². The lowest BCUT2D eigenvalue weighted by atomic mass is 10.1. The highest BCUT2D eigenvalue weighted by Gasteiger charge is 2.34. The quantitative estimate of drug-likeness (QED) is 0.272. The Hall–Kier alpha value is -3.07. The molecule has 0 aromatic heterocycles. The molecule has 0 aliphatic rings. The number of sulfonamides is 1. The number of nitrogens with one attached hydrogen (secondary N) is 1. The minimum Gasteiger partial charge on any atom is -0.354 e. The summed E-state index contributed by atoms with van der Waals surface area (Å²) in [4.78, 5) is 28.8. The Morgan fingerprint density at radius 1 is 0.950 bits per heavy atom. The fourth-order valence-electron chi connectivity index (χ4n) is 4.20. The number of hydrogen-bond acceptors (Lipinski definition) is 4. The van der Waals surface area contributed by atoms with Crippen LogP contribution in [0.5, 0.6) is 0 Å². The first-order valence-corrected chi connectivity index (χ1v) is 15.3. The highest BCUT2D eigenvalue weighted by atomic mass is 35.5. The van der Waals surface area contributed by atoms with E-state index in [-0.39, 0.29) is 23.3 Å². The van der Waals surface area contributed by atoms with E-state index in [1.54, 1.807) is 42.5 Å². The SMILES string of the molecule is CC[C@H](C(=O)NCC(C)C)N(Cc1ccccc1Cl)C(=O)CN(c1cccc(C)c1)S(=O)(=O)c1ccc(Cl)cc1. The Balaban J connectivity index is 2.06. The molecule has 0 bridgehead atoms. The molecular formula is C30H35Cl2N3O4S. The molecule has 1 atom stereocenters. The molecule has 0 saturated heterocycles. The molecule has 40 heavy (non-hydrogen) atoms. The molecule has 0 spiro atoms. The van der Waals surface area contributed by atoms with Crippen molar-refractivity contribution in [2.45, 2.75) is 51.6 Å². The van der Waals surface area contributed by atoms with Crippen molar-refractivity contribution in [3.05, 3.63) is 94.0 Å². The summed E-state index contributed by atoms with van der Waals surface area (Å²) in [6.07, 6.45) is 0.328. The minimum atomic E-state index is -4.17. The number of carbonyl (C=O) groups excluding carboxylic acids is 2. The molecule has 214 valence electrons. The number of anilines is 1. The number of hydrogen-bond donors (Lipinski definition) is 1. The lowest BCUT2D eigenvalue weighted by Gasteiger charge is -2.33. The second-order valence-electron chi connectivity index (χ2n) is 9.98. The van der Waals surface area contributed by atoms with Gasteiger partial charge in [-0.1, -0.05) is 74.3 Å². The lowest BCUT2D eigenvalue weighted by molar-refractivity contribution is -0.140. The zero-order valence-electron chi connectivity index (χ0n) is 23.1. The van der Waals surface area contributed by atoms with Gasteiger partial charge in [-0.25, -0.2) is 8.42 Å². The van der Waals surface area contributed by atoms with Crippen molar-refractivity contribution < 1.29 is 18.0 Å². The molecule has 0 aliphatic heterocycles. The Kier molecular flexibility index (Phi) is 11.0. The van der Waals surface area contributed by atoms with Crippen LogP contribution in [-0.2, 0) is 26.2 Å². The number of amides is 2. The van der Waals surface area contributed by atoms with Gasteiger partial charge < -0.3 is 10.2 Å². The Morgan fingerprint density at radius 2 is 1.62 bits per heavy atom. The summed E-state index contributed by atoms with van der Waals surface area (Å²) in [6.45, 7) is 7.58. The fraction of sp³-hybridized carbons (Fsp3) is 0.333. The largest absolute Gasteiger partial charge is 0.354 e. The van der Waals surface area contributed by atoms with E-state index >= 15 is 0 Å². The van der Waals surface area contributed by atoms with E-state index in [0.29, 0.717) is 34.3 Å². The number of rotatable bonds is 12. The highest BCUT2D eigenvalue weighted by molar-refractivity contribution is 7.92. The van der Waals surface area contributed by atoms with Crippen molar-refractivity contribution in [1.29, 1.82) is 0 Å². The van der Waals surface area contributed by atoms with Crippen LogP contribution >= 0.6 is 23.2 Å². The van der Waals surface area contributed by atoms with Gasteiger partial charge in [-0.3, -0.25) is 13.9 Å². The number of nitrogens with zero attached hydrogens (tertiary/aromatic N) is 2. The maximum atomic E-state index is 14.1. The average Bonchev–Trinajstić information content (AvgIpc) is 2.91. The molecule has 1 N–H and O–H groups in total. The molecule has 10 heteroatoms. The fourth-order valence-corrected chi connectivity index (χ4v) is 5.93. The van der Waals surface area contributed by atoms with E-state index < -0.39 is 28.5 Å². The molecular weight excluding hydrogens is 569 g/mol. The van der Waals surface area contributed by atoms with Crippen LogP contribution < -0.4 is 9.62 Å². The van der Waals surface area contributed by atoms with E-state index in [9.17, 15) is 18.0 Å². The maximum Gasteiger partial charge on any atom is 0.264 e. The Labute approximate surface area is 247 Å². The van der Waals surface area contributed by atoms with Gasteiger partial charge in [0.1, 0.15) is 12.6 Å². The van der Waals surface area contributed by atoms with Crippen molar-refractivity contribution in [3.8, 4) is 0 Å². The van der Waals surface area contributed by atoms with Crippen LogP contribution in [0.1, 0.15) is 38.3 Å². The van der Waals surface area contributed by atoms with Crippen LogP contribution in [0.2, 0.25) is 10.0 Å². The van der Waals surface area contributed by atoms with Gasteiger partial charge in [0.15, 0.2) is 0 Å². The van der Waals surface area contributed by atoms with Gasteiger partial charge in [0.05, 0.1) is 10.6 Å². The predicted octanol–water partition coefficient (Wildman–Crippen LogP) is 6.08. The third kappa shape index (κ3) is 7.99. The van der Waals surface area contributed by atoms with Crippen LogP contribution in [0.3, 0.4) is 0 Å². The van der Waals surface area contributed by atoms with E-state index in [1.807, 2.05) is 33.8 Å². The number of aryl methyl sites for hydroxylation is 1. The van der Waals surface area contributed by atoms with Crippen LogP contribution in [0.4, 0.5) is 5.69 Å². The number of halogens is 2. The molecule has 0 saturated carbocycles. The maximum absolute atomic E-state index is 14.1. The standard InChI is InChI=1S/C30H35Cl2N3O4S/c1-5-28(30(37)33-18-21(2)3)34(19-23-10-6-7-12-27(23)32)29(36)20-35(25-11-8-9-22(4)17-25)40(38,39)26-15-13-24(31)14-16-26/h6-17,21,28H,5,18-20H2,1-4H3,(H,33,37)/t28-/m1/s1. The first-order chi connectivity index (χ1) is 18.9. The number of carbonyl (C=O) groups is 2. The first kappa shape index (κ1) is 31.5. The minimum absolute atomic E-state index is 0.00872. The lowest BCUT2D eigenvalue weighted by Crippen LogP contribution is -2.52. The average molecular weight is 605 g/mol. The summed E-state index contributed by atoms with van der Waals surface area (Å²) in [6, 6.07) is 18.9. The van der Waals surface area contributed by atoms with Gasteiger partial charge in [-0.15, -0.1) is 0 Å². The zero-order valence-corrected chi connectivity index (χ0v) is 25.4. The molecule has 3 rings (SSSR count). The van der Waals surface area contributed by atoms with E-state index in [4.69, 9.17) is 23.2 Å². The molecule has 3 aromatic rings. The number of benzene rings is 3. The van der Waals surface area contributed by atoms with Gasteiger partial charge in [0.25, 0.3) is 10.0 Å². The van der Waals surface area contributed by atoms with Crippen molar-refractivity contribution >= 4 is 50.7 Å². The smallest absolute Gasteiger partial charge is 0.264 e. The van der Waals surface area contributed by atoms with Crippen molar-refractivity contribution in [3.63, 3.8) is 0 Å². The van der Waals surface area contributed by atoms with Gasteiger partial charge >= 0.3 is 0 Å². The van der Waals surface area contributed by atoms with Crippen LogP contribution in [0.25, 0.3) is 0 Å². The third-order valence-corrected chi connectivity index (χ3v) is 8.75. The molecule has 0 unspecified atom stereocenters. The second kappa shape index (κ2) is 14.0. The van der Waals surface area contributed by atoms with Gasteiger partial charge in [0.2, 0.25) is 11.8 Å². The van der Waals surface area contributed by atoms with E-state index in [1.165, 1.54) is 29.2 Å². The van der Waals surface area contributed by atoms with Crippen LogP contribution in [-0.4, -0.2) is 44.3 Å². The Bertz CT molecular complexity index is 1430. The van der Waals surface area contributed by atoms with Crippen molar-refractivity contribution in [2.75, 3.05) is 17.4 Å². The predicted molar refractivity (Wildman–Crippen MR) is 161 cm³/mol. The Morgan fingerprint density at radius 3 is 2.23 bits per heavy atom. The first-order valence-electron chi connectivity index (χ1n) is 13.1. The summed E-state index contributed by atoms with van der Waals surface area (Å²) < 4.78 is 28.9. The highest BCUT2D eigenvalue weighted by Crippen LogP contribution is 2.27. The summed E-state index contributed by atoms with van der Waals surface area (Å²) in [7, 11) is -4.17. The zero-order chi connectivity index (χ0) is 29.4. The monoisotopic (exact) mass is 603 g/mol. The molecule has 3 aromatic carbocycles. The topological polar surface area (TPSA) is 86.8 Å². The summed E-state index contributed by atoms with van der Waals surface area (Å²) in [5.41, 5.74) is 1.81. The summed E-state index contributed by atoms with van der Waals surface area (Å²) in [5, 5.41) is 3.75. The van der Waals surface area contributed by atoms with Gasteiger partial charge in [0, 0.05) is 23.1 Å². The second-order valence-corrected chi connectivity index (χ2v) is 12.7. The molecule has 7 nitrogen and oxygen atoms in total. The molecule has 0 radical (unpaired) electrons. The van der Waals surface area contributed by atoms with Crippen molar-refractivity contribution in [2.24, 2.45) is 5.92 Å². The summed E-state index contributed by atoms with van der Waals surface area (Å²) >= 11 is 12.4. The van der Waals surface area contributed by atoms with E-state index in [0.717, 1.165) is 9.87 Å². The van der Waals surface area contributed by atoms with Crippen LogP contribution in [0.15, 0.2) is 77.7 Å². The summed E-state index contributed by atoms with van der Waals surface area (Å²) in [5.74, 6) is -0.625. The third-order valence-electron chi connectivity index (χ3n) is 6.34. The molecule has 0 aliphatic carbocycles.